The molecule has 0 N–H and O–H groups in total. The Balaban J connectivity index is 1.33. The second-order valence-corrected chi connectivity index (χ2v) is 30.1. The zero-order valence-corrected chi connectivity index (χ0v) is 42.0. The van der Waals surface area contributed by atoms with Crippen LogP contribution in [0.5, 0.6) is 0 Å². The normalized spacial score (nSPS) is 22.0. The van der Waals surface area contributed by atoms with E-state index < -0.39 is 77.3 Å². The molecule has 10 rings (SSSR count). The van der Waals surface area contributed by atoms with Gasteiger partial charge in [0.05, 0.1) is 0 Å². The molecule has 0 amide bonds. The van der Waals surface area contributed by atoms with Crippen LogP contribution in [0, 0.1) is 11.8 Å². The van der Waals surface area contributed by atoms with Crippen molar-refractivity contribution in [2.45, 2.75) is 60.3 Å². The summed E-state index contributed by atoms with van der Waals surface area (Å²) in [5, 5.41) is 0. The molecule has 3 unspecified atom stereocenters. The zero-order valence-electron chi connectivity index (χ0n) is 39.1. The Morgan fingerprint density at radius 1 is 0.406 bits per heavy atom. The summed E-state index contributed by atoms with van der Waals surface area (Å²) in [6.07, 6.45) is -2.17. The molecule has 0 bridgehead atoms. The van der Waals surface area contributed by atoms with Gasteiger partial charge in [0.1, 0.15) is 0 Å². The van der Waals surface area contributed by atoms with Crippen LogP contribution in [0.4, 0.5) is 0 Å². The van der Waals surface area contributed by atoms with Gasteiger partial charge in [-0.2, -0.15) is 0 Å². The van der Waals surface area contributed by atoms with E-state index in [0.29, 0.717) is 26.7 Å². The van der Waals surface area contributed by atoms with Gasteiger partial charge in [-0.05, 0) is 0 Å². The molecule has 5 atom stereocenters. The molecule has 2 fully saturated rings. The first-order chi connectivity index (χ1) is 33.7. The van der Waals surface area contributed by atoms with E-state index in [-0.39, 0.29) is 0 Å². The summed E-state index contributed by atoms with van der Waals surface area (Å²) in [6.45, 7) is 5.66. The van der Waals surface area contributed by atoms with Gasteiger partial charge in [-0.1, -0.05) is 0 Å². The van der Waals surface area contributed by atoms with Gasteiger partial charge in [-0.3, -0.25) is 0 Å². The number of fused-ring (bicyclic) bond motifs is 1. The van der Waals surface area contributed by atoms with Crippen LogP contribution in [0.2, 0.25) is 4.44 Å². The number of benzene rings is 8. The van der Waals surface area contributed by atoms with Crippen molar-refractivity contribution in [3.8, 4) is 0 Å². The van der Waals surface area contributed by atoms with Crippen molar-refractivity contribution in [3.63, 3.8) is 0 Å². The van der Waals surface area contributed by atoms with Crippen LogP contribution >= 0.6 is 0 Å². The van der Waals surface area contributed by atoms with E-state index in [2.05, 4.69) is 72.8 Å². The fourth-order valence-electron chi connectivity index (χ4n) is 11.3. The molecule has 8 aromatic rings. The average molecular weight is 1020 g/mol. The number of ether oxygens (including phenoxy) is 4. The summed E-state index contributed by atoms with van der Waals surface area (Å²) in [5.74, 6) is -4.67. The molecule has 69 heavy (non-hydrogen) atoms. The van der Waals surface area contributed by atoms with Gasteiger partial charge in [0, 0.05) is 0 Å². The van der Waals surface area contributed by atoms with Crippen molar-refractivity contribution in [1.82, 2.24) is 0 Å². The van der Waals surface area contributed by atoms with E-state index >= 15 is 9.59 Å². The summed E-state index contributed by atoms with van der Waals surface area (Å²) in [7, 11) is 0. The molecule has 2 heterocycles. The summed E-state index contributed by atoms with van der Waals surface area (Å²) in [5.41, 5.74) is 0.290. The van der Waals surface area contributed by atoms with Crippen LogP contribution in [0.3, 0.4) is 0 Å². The number of carbonyl (C=O) groups is 2. The number of hydrogen-bond donors (Lipinski definition) is 0. The minimum atomic E-state index is -4.45. The van der Waals surface area contributed by atoms with E-state index in [1.165, 1.54) is 10.7 Å². The van der Waals surface area contributed by atoms with Crippen LogP contribution in [0.1, 0.15) is 54.5 Å². The molecular formula is C62H56O6Sn. The van der Waals surface area contributed by atoms with E-state index in [9.17, 15) is 0 Å². The molecule has 2 saturated heterocycles. The van der Waals surface area contributed by atoms with E-state index in [0.717, 1.165) is 5.56 Å². The predicted molar refractivity (Wildman–Crippen MR) is 274 cm³/mol. The molecule has 0 spiro atoms. The number of cyclic esters (lactones) is 2. The van der Waals surface area contributed by atoms with Gasteiger partial charge < -0.3 is 0 Å². The molecule has 0 radical (unpaired) electrons. The molecular weight excluding hydrogens is 959 g/mol. The van der Waals surface area contributed by atoms with Crippen LogP contribution < -0.4 is 10.7 Å². The quantitative estimate of drug-likeness (QED) is 0.100. The van der Waals surface area contributed by atoms with Crippen molar-refractivity contribution >= 4 is 41.1 Å². The van der Waals surface area contributed by atoms with Crippen LogP contribution in [-0.2, 0) is 39.7 Å². The Bertz CT molecular complexity index is 2780. The molecule has 0 aliphatic carbocycles. The van der Waals surface area contributed by atoms with E-state index in [1.807, 2.05) is 191 Å². The van der Waals surface area contributed by atoms with Crippen molar-refractivity contribution in [3.05, 3.63) is 270 Å². The molecule has 0 saturated carbocycles. The van der Waals surface area contributed by atoms with Gasteiger partial charge in [0.2, 0.25) is 0 Å². The summed E-state index contributed by atoms with van der Waals surface area (Å²) >= 11 is -4.45. The zero-order chi connectivity index (χ0) is 47.5. The molecule has 6 nitrogen and oxygen atoms in total. The summed E-state index contributed by atoms with van der Waals surface area (Å²) < 4.78 is 33.8. The van der Waals surface area contributed by atoms with Crippen molar-refractivity contribution < 1.29 is 28.5 Å². The second kappa shape index (κ2) is 19.4. The Hall–Kier alpha value is -6.58. The van der Waals surface area contributed by atoms with E-state index in [4.69, 9.17) is 18.9 Å². The maximum atomic E-state index is 16.9. The number of esters is 2. The van der Waals surface area contributed by atoms with Gasteiger partial charge >= 0.3 is 412 Å². The Labute approximate surface area is 409 Å². The molecule has 7 heteroatoms. The summed E-state index contributed by atoms with van der Waals surface area (Å²) in [6, 6.07) is 81.5. The first-order valence-corrected chi connectivity index (χ1v) is 30.2. The third-order valence-electron chi connectivity index (χ3n) is 14.4. The third-order valence-corrected chi connectivity index (χ3v) is 28.7. The number of hydrogen-bond acceptors (Lipinski definition) is 6. The third kappa shape index (κ3) is 8.43. The van der Waals surface area contributed by atoms with Gasteiger partial charge in [0.15, 0.2) is 0 Å². The fraction of sp³-hybridized carbons (Fsp3) is 0.194. The average Bonchev–Trinajstić information content (AvgIpc) is 3.75. The fourth-order valence-corrected chi connectivity index (χ4v) is 25.8. The Kier molecular flexibility index (Phi) is 13.0. The molecule has 0 aromatic heterocycles. The van der Waals surface area contributed by atoms with Crippen molar-refractivity contribution in [1.29, 1.82) is 0 Å². The molecule has 2 aliphatic rings. The van der Waals surface area contributed by atoms with Gasteiger partial charge in [0.25, 0.3) is 0 Å². The summed E-state index contributed by atoms with van der Waals surface area (Å²) in [4.78, 5) is 33.0. The van der Waals surface area contributed by atoms with Crippen molar-refractivity contribution in [2.24, 2.45) is 11.8 Å². The van der Waals surface area contributed by atoms with Gasteiger partial charge in [-0.15, -0.1) is 0 Å². The first kappa shape index (κ1) is 46.2. The Morgan fingerprint density at radius 3 is 1.03 bits per heavy atom. The maximum absolute atomic E-state index is 16.9. The van der Waals surface area contributed by atoms with Crippen molar-refractivity contribution in [2.75, 3.05) is 0 Å². The second-order valence-electron chi connectivity index (χ2n) is 18.8. The van der Waals surface area contributed by atoms with Gasteiger partial charge in [-0.25, -0.2) is 0 Å². The van der Waals surface area contributed by atoms with Crippen LogP contribution in [0.25, 0.3) is 0 Å². The number of rotatable bonds is 10. The number of carbonyl (C=O) groups excluding carboxylic acids is 2. The molecule has 344 valence electrons. The van der Waals surface area contributed by atoms with Crippen LogP contribution in [-0.4, -0.2) is 48.3 Å². The van der Waals surface area contributed by atoms with Crippen LogP contribution in [0.15, 0.2) is 243 Å². The SMILES string of the molecule is CC1C(=O)OC(c2ccccc2)(c2ccccc2)[C@@H]2OC(C)(C)O[C@H]2C(c2ccccc2)(c2ccccc2)OC(=O)C([CH2][Sn]([c]2ccccc2)([c]2ccccc2)[c]2ccccc2)C1c1ccccc1. The minimum absolute atomic E-state index is 0.419. The Morgan fingerprint density at radius 2 is 0.696 bits per heavy atom. The predicted octanol–water partition coefficient (Wildman–Crippen LogP) is 10.7. The first-order valence-electron chi connectivity index (χ1n) is 23.9. The monoisotopic (exact) mass is 1020 g/mol. The molecule has 8 aromatic carbocycles. The molecule has 2 aliphatic heterocycles. The topological polar surface area (TPSA) is 71.1 Å². The van der Waals surface area contributed by atoms with E-state index in [1.54, 1.807) is 0 Å². The standard InChI is InChI=1S/C44H41O6.3C6H5.Sn/c1-30-37(32-20-10-5-11-21-32)31(2)41(46)50-44(35-26-16-8-17-27-35,36-28-18-9-19-29-36)39-38(47-42(3,4)48-39)43(49-40(30)45,33-22-12-6-13-23-33)34-24-14-7-15-25-34;3*1-2-4-6-5-3-1;/h5-31,37-39H,1H2,2-4H3;3*1-5H;/t30?,31?,37?,38-,39-;;;;/m1..../s1.